The quantitative estimate of drug-likeness (QED) is 0.141. The van der Waals surface area contributed by atoms with Gasteiger partial charge in [-0.25, -0.2) is 20.0 Å². The van der Waals surface area contributed by atoms with Gasteiger partial charge in [-0.15, -0.1) is 0 Å². The van der Waals surface area contributed by atoms with Gasteiger partial charge in [0.25, 0.3) is 5.85 Å². The normalized spacial score (nSPS) is 20.8. The number of nitrogens with one attached hydrogen (secondary N) is 1. The number of hydrogen-bond acceptors (Lipinski definition) is 7. The smallest absolute Gasteiger partial charge is 0.261 e. The van der Waals surface area contributed by atoms with Gasteiger partial charge in [-0.2, -0.15) is 0 Å². The lowest BCUT2D eigenvalue weighted by atomic mass is 9.93. The van der Waals surface area contributed by atoms with E-state index in [4.69, 9.17) is 25.7 Å². The van der Waals surface area contributed by atoms with Gasteiger partial charge in [0.2, 0.25) is 0 Å². The first kappa shape index (κ1) is 35.7. The van der Waals surface area contributed by atoms with E-state index in [0.717, 1.165) is 65.5 Å². The lowest BCUT2D eigenvalue weighted by molar-refractivity contribution is -0.0835. The molecule has 0 amide bonds. The second-order valence-corrected chi connectivity index (χ2v) is 16.8. The van der Waals surface area contributed by atoms with E-state index in [1.807, 2.05) is 122 Å². The lowest BCUT2D eigenvalue weighted by Crippen LogP contribution is -2.57. The van der Waals surface area contributed by atoms with E-state index in [1.54, 1.807) is 11.5 Å². The zero-order valence-corrected chi connectivity index (χ0v) is 34.1. The first-order valence-electron chi connectivity index (χ1n) is 20.9. The Kier molecular flexibility index (Phi) is 7.09. The van der Waals surface area contributed by atoms with Crippen LogP contribution in [0, 0.1) is 5.41 Å². The first-order valence-corrected chi connectivity index (χ1v) is 20.9. The number of aliphatic hydroxyl groups is 2. The minimum atomic E-state index is -2.47. The molecular formula is C53H36N8O2. The molecular weight excluding hydrogens is 781 g/mol. The summed E-state index contributed by atoms with van der Waals surface area (Å²) in [5.74, 6) is -0.893. The Balaban J connectivity index is 1.18. The molecule has 1 aromatic heterocycles. The molecule has 5 heterocycles. The molecule has 2 unspecified atom stereocenters. The Morgan fingerprint density at radius 3 is 1.65 bits per heavy atom. The van der Waals surface area contributed by atoms with Crippen LogP contribution < -0.4 is 5.73 Å². The summed E-state index contributed by atoms with van der Waals surface area (Å²) >= 11 is 0. The summed E-state index contributed by atoms with van der Waals surface area (Å²) in [7, 11) is 0. The number of nitrogen functional groups attached to an aromatic ring is 1. The van der Waals surface area contributed by atoms with Crippen molar-refractivity contribution in [2.24, 2.45) is 20.0 Å². The summed E-state index contributed by atoms with van der Waals surface area (Å²) in [5.41, 5.74) is 13.2. The van der Waals surface area contributed by atoms with Crippen molar-refractivity contribution in [1.29, 1.82) is 5.41 Å². The molecule has 0 saturated carbocycles. The molecule has 0 fully saturated rings. The minimum absolute atomic E-state index is 0.0284. The van der Waals surface area contributed by atoms with Gasteiger partial charge in [-0.05, 0) is 105 Å². The van der Waals surface area contributed by atoms with Crippen molar-refractivity contribution in [3.05, 3.63) is 185 Å². The average molecular weight is 817 g/mol. The Labute approximate surface area is 360 Å². The van der Waals surface area contributed by atoms with E-state index in [2.05, 4.69) is 30.3 Å². The molecule has 2 bridgehead atoms. The number of aromatic nitrogens is 1. The van der Waals surface area contributed by atoms with Gasteiger partial charge in [-0.3, -0.25) is 14.9 Å². The molecule has 0 aliphatic carbocycles. The molecule has 0 saturated heterocycles. The molecule has 0 radical (unpaired) electrons. The number of hydrogen-bond donors (Lipinski definition) is 4. The molecule has 5 N–H and O–H groups in total. The molecule has 2 atom stereocenters. The van der Waals surface area contributed by atoms with E-state index in [9.17, 15) is 15.6 Å². The van der Waals surface area contributed by atoms with Crippen LogP contribution in [0.2, 0.25) is 0 Å². The summed E-state index contributed by atoms with van der Waals surface area (Å²) in [4.78, 5) is 22.5. The van der Waals surface area contributed by atoms with E-state index in [0.29, 0.717) is 44.8 Å². The van der Waals surface area contributed by atoms with Crippen molar-refractivity contribution in [1.82, 2.24) is 9.47 Å². The molecule has 10 nitrogen and oxygen atoms in total. The molecule has 300 valence electrons. The highest BCUT2D eigenvalue weighted by molar-refractivity contribution is 6.31. The lowest BCUT2D eigenvalue weighted by Gasteiger charge is -2.43. The van der Waals surface area contributed by atoms with Crippen LogP contribution in [0.4, 0.5) is 11.6 Å². The summed E-state index contributed by atoms with van der Waals surface area (Å²) in [6.45, 7) is 3.59. The number of rotatable bonds is 3. The fraction of sp³-hybridized carbons (Fsp3) is 0.0755. The maximum absolute atomic E-state index is 14.5. The predicted octanol–water partition coefficient (Wildman–Crippen LogP) is 9.99. The summed E-state index contributed by atoms with van der Waals surface area (Å²) < 4.78 is 1.57. The summed E-state index contributed by atoms with van der Waals surface area (Å²) in [6.07, 6.45) is -1.33. The Hall–Kier alpha value is -8.05. The minimum Gasteiger partial charge on any atom is -0.389 e. The van der Waals surface area contributed by atoms with Crippen molar-refractivity contribution < 1.29 is 10.2 Å². The molecule has 13 rings (SSSR count). The maximum Gasteiger partial charge on any atom is 0.261 e. The second kappa shape index (κ2) is 12.5. The maximum atomic E-state index is 14.5. The van der Waals surface area contributed by atoms with Crippen LogP contribution in [0.25, 0.3) is 59.6 Å². The third-order valence-electron chi connectivity index (χ3n) is 13.1. The molecule has 9 aromatic rings. The fourth-order valence-corrected chi connectivity index (χ4v) is 10.2. The van der Waals surface area contributed by atoms with Crippen molar-refractivity contribution >= 4 is 100 Å². The first-order chi connectivity index (χ1) is 30.7. The number of benzene rings is 8. The van der Waals surface area contributed by atoms with E-state index >= 15 is 0 Å². The number of nitrogens with zero attached hydrogens (tertiary/aromatic N) is 6. The third-order valence-corrected chi connectivity index (χ3v) is 13.1. The third kappa shape index (κ3) is 4.81. The highest BCUT2D eigenvalue weighted by atomic mass is 16.3. The van der Waals surface area contributed by atoms with E-state index < -0.39 is 12.0 Å². The van der Waals surface area contributed by atoms with E-state index in [1.165, 1.54) is 4.90 Å². The number of amidine groups is 4. The van der Waals surface area contributed by atoms with Gasteiger partial charge in [0.1, 0.15) is 23.3 Å². The van der Waals surface area contributed by atoms with Gasteiger partial charge in [0.15, 0.2) is 11.7 Å². The van der Waals surface area contributed by atoms with Gasteiger partial charge < -0.3 is 15.9 Å². The molecule has 4 aliphatic rings. The van der Waals surface area contributed by atoms with Crippen LogP contribution >= 0.6 is 0 Å². The number of aliphatic hydroxyl groups excluding tert-OH is 1. The zero-order valence-electron chi connectivity index (χ0n) is 34.1. The standard InChI is InChI=1S/C53H36N8O2/c1-27-37-19-29-11-3-7-15-33(29)23-41(37)49(56-27)58-51-43-25-35-17-9-5-13-31(35)21-39(43)47(54)60(51)53(63)45(28(2)62)46-38-20-30-12-4-8-16-34(30)24-42(38)50(57-46)59-52-44-26-36-18-10-6-14-32(36)22-40(44)48(55)61(52)53/h3-26,28,55,62-63H,54H2,1-2H3/b46-45-,55-48?,58-49-,59-52-. The summed E-state index contributed by atoms with van der Waals surface area (Å²) in [6, 6.07) is 48.5. The Bertz CT molecular complexity index is 3790. The number of anilines is 1. The monoisotopic (exact) mass is 816 g/mol. The van der Waals surface area contributed by atoms with Crippen LogP contribution in [0.3, 0.4) is 0 Å². The second-order valence-electron chi connectivity index (χ2n) is 16.8. The predicted molar refractivity (Wildman–Crippen MR) is 255 cm³/mol. The van der Waals surface area contributed by atoms with Crippen molar-refractivity contribution in [2.75, 3.05) is 5.73 Å². The Morgan fingerprint density at radius 1 is 0.603 bits per heavy atom. The highest BCUT2D eigenvalue weighted by Crippen LogP contribution is 2.51. The molecule has 10 heteroatoms. The zero-order chi connectivity index (χ0) is 42.5. The molecule has 63 heavy (non-hydrogen) atoms. The fourth-order valence-electron chi connectivity index (χ4n) is 10.2. The molecule has 8 aromatic carbocycles. The van der Waals surface area contributed by atoms with Crippen molar-refractivity contribution in [3.63, 3.8) is 0 Å². The van der Waals surface area contributed by atoms with Crippen LogP contribution in [-0.2, 0) is 5.85 Å². The van der Waals surface area contributed by atoms with Gasteiger partial charge in [0.05, 0.1) is 17.4 Å². The molecule has 0 spiro atoms. The number of fused-ring (bicyclic) bond motifs is 13. The van der Waals surface area contributed by atoms with Gasteiger partial charge in [-0.1, -0.05) is 97.1 Å². The largest absolute Gasteiger partial charge is 0.389 e. The Morgan fingerprint density at radius 2 is 1.08 bits per heavy atom. The molecule has 4 aliphatic heterocycles. The van der Waals surface area contributed by atoms with Crippen LogP contribution in [-0.4, -0.2) is 54.8 Å². The van der Waals surface area contributed by atoms with Crippen LogP contribution in [0.15, 0.2) is 171 Å². The number of nitrogens with two attached hydrogens (primary N) is 1. The van der Waals surface area contributed by atoms with Crippen molar-refractivity contribution in [2.45, 2.75) is 25.8 Å². The van der Waals surface area contributed by atoms with Crippen molar-refractivity contribution in [3.8, 4) is 0 Å². The van der Waals surface area contributed by atoms with Gasteiger partial charge in [0, 0.05) is 49.9 Å². The number of aliphatic imine (C=N–C) groups is 4. The highest BCUT2D eigenvalue weighted by Gasteiger charge is 2.55. The summed E-state index contributed by atoms with van der Waals surface area (Å²) in [5, 5.41) is 46.1. The SMILES string of the molecule is CC1=N/C(=N\c2c3cc4ccccc4cc3c(N)n2C2(O)/C(C(C)O)=C3N=C(/N=C4/c5cc6ccccc6cc5C(=N)N42)c2cc4ccccc4cc2\3)c2cc3ccccc3cc21. The van der Waals surface area contributed by atoms with Gasteiger partial charge >= 0.3 is 0 Å². The van der Waals surface area contributed by atoms with E-state index in [-0.39, 0.29) is 28.9 Å². The average Bonchev–Trinajstić information content (AvgIpc) is 3.97. The van der Waals surface area contributed by atoms with Crippen LogP contribution in [0.5, 0.6) is 0 Å². The topological polar surface area (TPSA) is 148 Å². The van der Waals surface area contributed by atoms with Crippen LogP contribution in [0.1, 0.15) is 47.2 Å².